The summed E-state index contributed by atoms with van der Waals surface area (Å²) in [5, 5.41) is 10.7. The standard InChI is InChI=1S/C18H12ClNO/c1-12-7-8-16-14(9-12)10-17(21-16)18(19)15(11-20)13-5-3-2-4-6-13/h2-10H,1H3. The molecule has 0 bridgehead atoms. The molecule has 0 radical (unpaired) electrons. The highest BCUT2D eigenvalue weighted by atomic mass is 35.5. The van der Waals surface area contributed by atoms with Gasteiger partial charge < -0.3 is 4.42 Å². The monoisotopic (exact) mass is 293 g/mol. The van der Waals surface area contributed by atoms with E-state index in [4.69, 9.17) is 16.0 Å². The van der Waals surface area contributed by atoms with Crippen molar-refractivity contribution in [3.63, 3.8) is 0 Å². The zero-order valence-electron chi connectivity index (χ0n) is 11.4. The lowest BCUT2D eigenvalue weighted by Gasteiger charge is -2.01. The maximum absolute atomic E-state index is 9.40. The summed E-state index contributed by atoms with van der Waals surface area (Å²) in [5.74, 6) is 0.512. The molecule has 21 heavy (non-hydrogen) atoms. The third kappa shape index (κ3) is 2.56. The molecule has 3 rings (SSSR count). The van der Waals surface area contributed by atoms with Gasteiger partial charge in [-0.05, 0) is 30.7 Å². The molecule has 0 aliphatic heterocycles. The van der Waals surface area contributed by atoms with E-state index < -0.39 is 0 Å². The average molecular weight is 294 g/mol. The van der Waals surface area contributed by atoms with Crippen LogP contribution in [-0.2, 0) is 0 Å². The Balaban J connectivity index is 2.16. The molecule has 0 N–H and O–H groups in total. The number of aryl methyl sites for hydroxylation is 1. The van der Waals surface area contributed by atoms with Crippen molar-refractivity contribution in [1.29, 1.82) is 5.26 Å². The minimum atomic E-state index is 0.331. The number of allylic oxidation sites excluding steroid dienone is 1. The Morgan fingerprint density at radius 1 is 1.10 bits per heavy atom. The Labute approximate surface area is 127 Å². The lowest BCUT2D eigenvalue weighted by molar-refractivity contribution is 0.603. The summed E-state index contributed by atoms with van der Waals surface area (Å²) >= 11 is 6.38. The third-order valence-electron chi connectivity index (χ3n) is 3.28. The van der Waals surface area contributed by atoms with Crippen LogP contribution >= 0.6 is 11.6 Å². The zero-order chi connectivity index (χ0) is 14.8. The van der Waals surface area contributed by atoms with E-state index >= 15 is 0 Å². The van der Waals surface area contributed by atoms with Gasteiger partial charge in [0.1, 0.15) is 22.4 Å². The van der Waals surface area contributed by atoms with Gasteiger partial charge in [0.05, 0.1) is 5.57 Å². The largest absolute Gasteiger partial charge is 0.455 e. The summed E-state index contributed by atoms with van der Waals surface area (Å²) in [6.07, 6.45) is 0. The van der Waals surface area contributed by atoms with E-state index in [0.29, 0.717) is 16.4 Å². The van der Waals surface area contributed by atoms with Gasteiger partial charge in [-0.25, -0.2) is 0 Å². The van der Waals surface area contributed by atoms with Gasteiger partial charge in [-0.15, -0.1) is 0 Å². The molecule has 3 heteroatoms. The van der Waals surface area contributed by atoms with Gasteiger partial charge in [0.15, 0.2) is 0 Å². The summed E-state index contributed by atoms with van der Waals surface area (Å²) in [7, 11) is 0. The van der Waals surface area contributed by atoms with Gasteiger partial charge in [0.2, 0.25) is 0 Å². The van der Waals surface area contributed by atoms with Crippen molar-refractivity contribution < 1.29 is 4.42 Å². The molecule has 0 saturated heterocycles. The van der Waals surface area contributed by atoms with Crippen LogP contribution < -0.4 is 0 Å². The van der Waals surface area contributed by atoms with Crippen molar-refractivity contribution in [2.45, 2.75) is 6.92 Å². The van der Waals surface area contributed by atoms with Crippen LogP contribution in [0.15, 0.2) is 59.0 Å². The number of hydrogen-bond donors (Lipinski definition) is 0. The van der Waals surface area contributed by atoms with Crippen LogP contribution in [0.3, 0.4) is 0 Å². The summed E-state index contributed by atoms with van der Waals surface area (Å²) in [5.41, 5.74) is 3.10. The van der Waals surface area contributed by atoms with Crippen molar-refractivity contribution in [3.8, 4) is 6.07 Å². The molecular weight excluding hydrogens is 282 g/mol. The average Bonchev–Trinajstić information content (AvgIpc) is 2.92. The van der Waals surface area contributed by atoms with Crippen molar-refractivity contribution in [2.75, 3.05) is 0 Å². The van der Waals surface area contributed by atoms with E-state index in [0.717, 1.165) is 22.1 Å². The molecule has 2 nitrogen and oxygen atoms in total. The van der Waals surface area contributed by atoms with Crippen molar-refractivity contribution in [2.24, 2.45) is 0 Å². The predicted octanol–water partition coefficient (Wildman–Crippen LogP) is 5.37. The fourth-order valence-electron chi connectivity index (χ4n) is 2.24. The van der Waals surface area contributed by atoms with Crippen molar-refractivity contribution >= 4 is 33.2 Å². The number of nitriles is 1. The Bertz CT molecular complexity index is 869. The molecular formula is C18H12ClNO. The lowest BCUT2D eigenvalue weighted by Crippen LogP contribution is -1.84. The Kier molecular flexibility index (Phi) is 3.51. The topological polar surface area (TPSA) is 36.9 Å². The number of furan rings is 1. The molecule has 0 aliphatic rings. The Morgan fingerprint density at radius 3 is 2.57 bits per heavy atom. The highest BCUT2D eigenvalue weighted by Gasteiger charge is 2.13. The van der Waals surface area contributed by atoms with Gasteiger partial charge >= 0.3 is 0 Å². The summed E-state index contributed by atoms with van der Waals surface area (Å²) in [6.45, 7) is 2.02. The summed E-state index contributed by atoms with van der Waals surface area (Å²) < 4.78 is 5.75. The maximum Gasteiger partial charge on any atom is 0.148 e. The first-order valence-electron chi connectivity index (χ1n) is 6.55. The second kappa shape index (κ2) is 5.47. The number of halogens is 1. The second-order valence-corrected chi connectivity index (χ2v) is 5.20. The minimum absolute atomic E-state index is 0.331. The molecule has 102 valence electrons. The van der Waals surface area contributed by atoms with Crippen LogP contribution in [0.5, 0.6) is 0 Å². The number of hydrogen-bond acceptors (Lipinski definition) is 2. The van der Waals surface area contributed by atoms with Crippen LogP contribution in [0.2, 0.25) is 0 Å². The number of rotatable bonds is 2. The summed E-state index contributed by atoms with van der Waals surface area (Å²) in [6, 6.07) is 19.3. The highest BCUT2D eigenvalue weighted by molar-refractivity contribution is 6.53. The van der Waals surface area contributed by atoms with E-state index in [1.54, 1.807) is 0 Å². The highest BCUT2D eigenvalue weighted by Crippen LogP contribution is 2.33. The molecule has 1 heterocycles. The van der Waals surface area contributed by atoms with Gasteiger partial charge in [-0.3, -0.25) is 0 Å². The van der Waals surface area contributed by atoms with Crippen LogP contribution in [0.4, 0.5) is 0 Å². The first kappa shape index (κ1) is 13.5. The lowest BCUT2D eigenvalue weighted by atomic mass is 10.1. The third-order valence-corrected chi connectivity index (χ3v) is 3.66. The first-order chi connectivity index (χ1) is 10.2. The molecule has 0 aliphatic carbocycles. The normalized spacial score (nSPS) is 12.0. The van der Waals surface area contributed by atoms with Crippen LogP contribution in [0.1, 0.15) is 16.9 Å². The quantitative estimate of drug-likeness (QED) is 0.595. The predicted molar refractivity (Wildman–Crippen MR) is 85.7 cm³/mol. The minimum Gasteiger partial charge on any atom is -0.455 e. The molecule has 0 spiro atoms. The van der Waals surface area contributed by atoms with Crippen LogP contribution in [0.25, 0.3) is 21.6 Å². The number of nitrogens with zero attached hydrogens (tertiary/aromatic N) is 1. The fourth-order valence-corrected chi connectivity index (χ4v) is 2.48. The van der Waals surface area contributed by atoms with Crippen molar-refractivity contribution in [1.82, 2.24) is 0 Å². The van der Waals surface area contributed by atoms with Gasteiger partial charge in [-0.1, -0.05) is 53.6 Å². The SMILES string of the molecule is Cc1ccc2oc(C(Cl)=C(C#N)c3ccccc3)cc2c1. The van der Waals surface area contributed by atoms with Gasteiger partial charge in [0, 0.05) is 5.39 Å². The number of benzene rings is 2. The first-order valence-corrected chi connectivity index (χ1v) is 6.92. The zero-order valence-corrected chi connectivity index (χ0v) is 12.2. The molecule has 0 unspecified atom stereocenters. The van der Waals surface area contributed by atoms with E-state index in [1.165, 1.54) is 0 Å². The molecule has 2 aromatic carbocycles. The molecule has 0 fully saturated rings. The Hall–Kier alpha value is -2.50. The Morgan fingerprint density at radius 2 is 1.86 bits per heavy atom. The number of fused-ring (bicyclic) bond motifs is 1. The molecule has 0 amide bonds. The van der Waals surface area contributed by atoms with Gasteiger partial charge in [-0.2, -0.15) is 5.26 Å². The molecule has 0 atom stereocenters. The van der Waals surface area contributed by atoms with E-state index in [2.05, 4.69) is 6.07 Å². The van der Waals surface area contributed by atoms with Crippen LogP contribution in [-0.4, -0.2) is 0 Å². The van der Waals surface area contributed by atoms with E-state index in [9.17, 15) is 5.26 Å². The second-order valence-electron chi connectivity index (χ2n) is 4.82. The molecule has 0 saturated carbocycles. The van der Waals surface area contributed by atoms with Gasteiger partial charge in [0.25, 0.3) is 0 Å². The fraction of sp³-hybridized carbons (Fsp3) is 0.0556. The maximum atomic E-state index is 9.40. The molecule has 3 aromatic rings. The summed E-state index contributed by atoms with van der Waals surface area (Å²) in [4.78, 5) is 0. The smallest absolute Gasteiger partial charge is 0.148 e. The van der Waals surface area contributed by atoms with Crippen molar-refractivity contribution in [3.05, 3.63) is 71.5 Å². The van der Waals surface area contributed by atoms with E-state index in [-0.39, 0.29) is 0 Å². The van der Waals surface area contributed by atoms with Crippen LogP contribution in [0, 0.1) is 18.3 Å². The van der Waals surface area contributed by atoms with E-state index in [1.807, 2.05) is 61.5 Å². The molecule has 1 aromatic heterocycles.